The van der Waals surface area contributed by atoms with Crippen LogP contribution in [0.15, 0.2) is 48.5 Å². The van der Waals surface area contributed by atoms with Crippen LogP contribution in [0.4, 0.5) is 8.78 Å². The van der Waals surface area contributed by atoms with Gasteiger partial charge in [0.1, 0.15) is 17.7 Å². The van der Waals surface area contributed by atoms with Gasteiger partial charge in [-0.3, -0.25) is 9.59 Å². The summed E-state index contributed by atoms with van der Waals surface area (Å²) in [6.07, 6.45) is -1.11. The van der Waals surface area contributed by atoms with Gasteiger partial charge in [-0.25, -0.2) is 13.6 Å². The van der Waals surface area contributed by atoms with Crippen molar-refractivity contribution in [1.29, 1.82) is 0 Å². The van der Waals surface area contributed by atoms with E-state index in [2.05, 4.69) is 5.32 Å². The normalized spacial score (nSPS) is 12.9. The van der Waals surface area contributed by atoms with Crippen LogP contribution < -0.4 is 5.32 Å². The lowest BCUT2D eigenvalue weighted by molar-refractivity contribution is -0.149. The molecule has 2 aromatic carbocycles. The highest BCUT2D eigenvalue weighted by molar-refractivity contribution is 6.01. The zero-order chi connectivity index (χ0) is 20.8. The summed E-state index contributed by atoms with van der Waals surface area (Å²) in [5.41, 5.74) is 0.397. The van der Waals surface area contributed by atoms with Crippen molar-refractivity contribution in [3.8, 4) is 0 Å². The Morgan fingerprint density at radius 3 is 1.75 bits per heavy atom. The number of Topliss-reactive ketones (excluding diaryl/α,β-unsaturated/α-hetero) is 1. The maximum absolute atomic E-state index is 13.0. The fourth-order valence-electron chi connectivity index (χ4n) is 2.47. The molecule has 1 N–H and O–H groups in total. The summed E-state index contributed by atoms with van der Waals surface area (Å²) in [5, 5.41) is 2.55. The third kappa shape index (κ3) is 5.45. The van der Waals surface area contributed by atoms with Gasteiger partial charge in [-0.15, -0.1) is 0 Å². The standard InChI is InChI=1S/C21H21F2NO4/c1-12(2)18(24-20(26)15-6-10-17(23)11-7-15)21(27)28-13(3)19(25)14-4-8-16(22)9-5-14/h4-13,18H,1-3H3,(H,24,26)/t13-,18-/m0/s1. The summed E-state index contributed by atoms with van der Waals surface area (Å²) in [6.45, 7) is 4.83. The number of rotatable bonds is 7. The van der Waals surface area contributed by atoms with Gasteiger partial charge in [-0.2, -0.15) is 0 Å². The van der Waals surface area contributed by atoms with Crippen molar-refractivity contribution >= 4 is 17.7 Å². The molecule has 0 aliphatic rings. The number of ether oxygens (including phenoxy) is 1. The Balaban J connectivity index is 2.05. The molecule has 5 nitrogen and oxygen atoms in total. The molecule has 0 fully saturated rings. The number of amides is 1. The van der Waals surface area contributed by atoms with E-state index >= 15 is 0 Å². The number of hydrogen-bond donors (Lipinski definition) is 1. The number of benzene rings is 2. The van der Waals surface area contributed by atoms with E-state index in [4.69, 9.17) is 4.74 Å². The van der Waals surface area contributed by atoms with Gasteiger partial charge in [0, 0.05) is 11.1 Å². The molecule has 0 radical (unpaired) electrons. The molecule has 0 unspecified atom stereocenters. The lowest BCUT2D eigenvalue weighted by Gasteiger charge is -2.23. The first kappa shape index (κ1) is 21.2. The van der Waals surface area contributed by atoms with E-state index < -0.39 is 41.4 Å². The van der Waals surface area contributed by atoms with Gasteiger partial charge in [0.2, 0.25) is 5.78 Å². The Morgan fingerprint density at radius 1 is 0.821 bits per heavy atom. The summed E-state index contributed by atoms with van der Waals surface area (Å²) < 4.78 is 31.2. The molecule has 1 amide bonds. The minimum Gasteiger partial charge on any atom is -0.453 e. The summed E-state index contributed by atoms with van der Waals surface area (Å²) in [4.78, 5) is 37.1. The molecule has 0 heterocycles. The summed E-state index contributed by atoms with van der Waals surface area (Å²) in [6, 6.07) is 8.77. The highest BCUT2D eigenvalue weighted by Crippen LogP contribution is 2.12. The average Bonchev–Trinajstić information content (AvgIpc) is 2.66. The Kier molecular flexibility index (Phi) is 6.98. The summed E-state index contributed by atoms with van der Waals surface area (Å²) >= 11 is 0. The molecule has 2 aromatic rings. The molecule has 0 saturated carbocycles. The van der Waals surface area contributed by atoms with Gasteiger partial charge >= 0.3 is 5.97 Å². The first-order valence-electron chi connectivity index (χ1n) is 8.75. The van der Waals surface area contributed by atoms with Gasteiger partial charge in [0.05, 0.1) is 0 Å². The van der Waals surface area contributed by atoms with E-state index in [0.29, 0.717) is 0 Å². The molecule has 0 saturated heterocycles. The molecular formula is C21H21F2NO4. The third-order valence-corrected chi connectivity index (χ3v) is 4.10. The third-order valence-electron chi connectivity index (χ3n) is 4.10. The fourth-order valence-corrected chi connectivity index (χ4v) is 2.47. The van der Waals surface area contributed by atoms with Gasteiger partial charge < -0.3 is 10.1 Å². The molecule has 0 aliphatic heterocycles. The zero-order valence-electron chi connectivity index (χ0n) is 15.7. The number of ketones is 1. The van der Waals surface area contributed by atoms with Crippen LogP contribution in [0, 0.1) is 17.6 Å². The fraction of sp³-hybridized carbons (Fsp3) is 0.286. The van der Waals surface area contributed by atoms with Crippen molar-refractivity contribution in [2.75, 3.05) is 0 Å². The SMILES string of the molecule is CC(C)[C@H](NC(=O)c1ccc(F)cc1)C(=O)O[C@@H](C)C(=O)c1ccc(F)cc1. The lowest BCUT2D eigenvalue weighted by atomic mass is 10.0. The molecule has 0 aliphatic carbocycles. The monoisotopic (exact) mass is 389 g/mol. The van der Waals surface area contributed by atoms with Crippen LogP contribution in [-0.4, -0.2) is 29.8 Å². The number of carbonyl (C=O) groups excluding carboxylic acids is 3. The molecular weight excluding hydrogens is 368 g/mol. The van der Waals surface area contributed by atoms with Crippen LogP contribution in [0.25, 0.3) is 0 Å². The Labute approximate surface area is 161 Å². The highest BCUT2D eigenvalue weighted by Gasteiger charge is 2.29. The summed E-state index contributed by atoms with van der Waals surface area (Å²) in [7, 11) is 0. The van der Waals surface area contributed by atoms with Crippen molar-refractivity contribution in [1.82, 2.24) is 5.32 Å². The predicted octanol–water partition coefficient (Wildman–Crippen LogP) is 3.53. The molecule has 148 valence electrons. The Morgan fingerprint density at radius 2 is 1.29 bits per heavy atom. The quantitative estimate of drug-likeness (QED) is 0.581. The Hall–Kier alpha value is -3.09. The maximum Gasteiger partial charge on any atom is 0.329 e. The van der Waals surface area contributed by atoms with E-state index in [1.165, 1.54) is 31.2 Å². The number of carbonyl (C=O) groups is 3. The van der Waals surface area contributed by atoms with Crippen LogP contribution in [0.5, 0.6) is 0 Å². The van der Waals surface area contributed by atoms with Crippen LogP contribution in [0.1, 0.15) is 41.5 Å². The van der Waals surface area contributed by atoms with E-state index in [1.807, 2.05) is 0 Å². The van der Waals surface area contributed by atoms with Crippen LogP contribution in [-0.2, 0) is 9.53 Å². The minimum absolute atomic E-state index is 0.190. The predicted molar refractivity (Wildman–Crippen MR) is 98.8 cm³/mol. The topological polar surface area (TPSA) is 72.5 Å². The number of nitrogens with one attached hydrogen (secondary N) is 1. The van der Waals surface area contributed by atoms with Gasteiger partial charge in [-0.1, -0.05) is 13.8 Å². The van der Waals surface area contributed by atoms with E-state index in [1.54, 1.807) is 13.8 Å². The number of hydrogen-bond acceptors (Lipinski definition) is 4. The number of halogens is 2. The maximum atomic E-state index is 13.0. The molecule has 7 heteroatoms. The molecule has 2 atom stereocenters. The lowest BCUT2D eigenvalue weighted by Crippen LogP contribution is -2.46. The first-order valence-corrected chi connectivity index (χ1v) is 8.75. The van der Waals surface area contributed by atoms with Crippen molar-refractivity contribution in [3.05, 3.63) is 71.3 Å². The van der Waals surface area contributed by atoms with E-state index in [9.17, 15) is 23.2 Å². The Bertz CT molecular complexity index is 848. The average molecular weight is 389 g/mol. The van der Waals surface area contributed by atoms with Crippen molar-refractivity contribution in [3.63, 3.8) is 0 Å². The van der Waals surface area contributed by atoms with Gasteiger partial charge in [0.25, 0.3) is 5.91 Å². The highest BCUT2D eigenvalue weighted by atomic mass is 19.1. The molecule has 0 bridgehead atoms. The second-order valence-corrected chi connectivity index (χ2v) is 6.65. The van der Waals surface area contributed by atoms with E-state index in [-0.39, 0.29) is 17.0 Å². The molecule has 0 aromatic heterocycles. The van der Waals surface area contributed by atoms with Crippen LogP contribution >= 0.6 is 0 Å². The molecule has 28 heavy (non-hydrogen) atoms. The molecule has 0 spiro atoms. The smallest absolute Gasteiger partial charge is 0.329 e. The van der Waals surface area contributed by atoms with Crippen molar-refractivity contribution in [2.45, 2.75) is 32.9 Å². The second kappa shape index (κ2) is 9.21. The summed E-state index contributed by atoms with van der Waals surface area (Å²) in [5.74, 6) is -3.10. The largest absolute Gasteiger partial charge is 0.453 e. The van der Waals surface area contributed by atoms with Crippen LogP contribution in [0.2, 0.25) is 0 Å². The van der Waals surface area contributed by atoms with Gasteiger partial charge in [0.15, 0.2) is 6.10 Å². The number of esters is 1. The second-order valence-electron chi connectivity index (χ2n) is 6.65. The van der Waals surface area contributed by atoms with Crippen molar-refractivity contribution in [2.24, 2.45) is 5.92 Å². The minimum atomic E-state index is -1.11. The van der Waals surface area contributed by atoms with E-state index in [0.717, 1.165) is 24.3 Å². The van der Waals surface area contributed by atoms with Crippen molar-refractivity contribution < 1.29 is 27.9 Å². The van der Waals surface area contributed by atoms with Crippen LogP contribution in [0.3, 0.4) is 0 Å². The van der Waals surface area contributed by atoms with Gasteiger partial charge in [-0.05, 0) is 61.4 Å². The first-order chi connectivity index (χ1) is 13.2. The molecule has 2 rings (SSSR count). The zero-order valence-corrected chi connectivity index (χ0v) is 15.7.